The smallest absolute Gasteiger partial charge is 0.244 e. The van der Waals surface area contributed by atoms with E-state index in [-0.39, 0.29) is 5.91 Å². The van der Waals surface area contributed by atoms with Crippen LogP contribution in [0.4, 0.5) is 0 Å². The highest BCUT2D eigenvalue weighted by Crippen LogP contribution is 2.21. The molecule has 0 fully saturated rings. The molecule has 0 bridgehead atoms. The third kappa shape index (κ3) is 5.79. The van der Waals surface area contributed by atoms with Gasteiger partial charge in [-0.3, -0.25) is 4.79 Å². The van der Waals surface area contributed by atoms with Gasteiger partial charge in [0.1, 0.15) is 12.4 Å². The fraction of sp³-hybridized carbons (Fsp3) is 0.217. The van der Waals surface area contributed by atoms with Gasteiger partial charge in [-0.15, -0.1) is 11.3 Å². The van der Waals surface area contributed by atoms with Crippen LogP contribution in [0.25, 0.3) is 6.08 Å². The van der Waals surface area contributed by atoms with Gasteiger partial charge in [-0.2, -0.15) is 0 Å². The minimum absolute atomic E-state index is 0.112. The van der Waals surface area contributed by atoms with E-state index in [9.17, 15) is 4.79 Å². The first kappa shape index (κ1) is 19.8. The number of nitrogens with zero attached hydrogens (tertiary/aromatic N) is 1. The summed E-state index contributed by atoms with van der Waals surface area (Å²) >= 11 is 1.61. The molecule has 5 heteroatoms. The fourth-order valence-electron chi connectivity index (χ4n) is 2.81. The lowest BCUT2D eigenvalue weighted by atomic mass is 10.1. The maximum absolute atomic E-state index is 12.1. The molecule has 0 atom stereocenters. The van der Waals surface area contributed by atoms with Gasteiger partial charge >= 0.3 is 0 Å². The molecule has 0 saturated carbocycles. The number of nitrogens with one attached hydrogen (secondary N) is 1. The van der Waals surface area contributed by atoms with Crippen LogP contribution < -0.4 is 10.1 Å². The zero-order valence-electron chi connectivity index (χ0n) is 16.1. The lowest BCUT2D eigenvalue weighted by Crippen LogP contribution is -2.23. The molecule has 0 radical (unpaired) electrons. The van der Waals surface area contributed by atoms with Crippen LogP contribution in [0.1, 0.15) is 27.4 Å². The van der Waals surface area contributed by atoms with Crippen LogP contribution in [-0.2, 0) is 17.8 Å². The van der Waals surface area contributed by atoms with Crippen LogP contribution in [0.15, 0.2) is 60.0 Å². The van der Waals surface area contributed by atoms with Crippen LogP contribution >= 0.6 is 11.3 Å². The number of aryl methyl sites for hydroxylation is 2. The molecule has 1 amide bonds. The summed E-state index contributed by atoms with van der Waals surface area (Å²) in [5.74, 6) is 0.621. The Bertz CT molecular complexity index is 962. The molecule has 0 aliphatic heterocycles. The van der Waals surface area contributed by atoms with E-state index >= 15 is 0 Å². The Balaban J connectivity index is 1.53. The molecular formula is C23H24N2O2S. The summed E-state index contributed by atoms with van der Waals surface area (Å²) in [6.45, 7) is 5.08. The van der Waals surface area contributed by atoms with Crippen molar-refractivity contribution in [3.63, 3.8) is 0 Å². The first-order valence-electron chi connectivity index (χ1n) is 9.25. The van der Waals surface area contributed by atoms with Crippen molar-refractivity contribution in [2.45, 2.75) is 26.9 Å². The molecule has 4 nitrogen and oxygen atoms in total. The topological polar surface area (TPSA) is 51.2 Å². The molecule has 3 rings (SSSR count). The summed E-state index contributed by atoms with van der Waals surface area (Å²) < 4.78 is 5.88. The van der Waals surface area contributed by atoms with Gasteiger partial charge in [0.2, 0.25) is 5.91 Å². The van der Waals surface area contributed by atoms with E-state index in [4.69, 9.17) is 4.74 Å². The van der Waals surface area contributed by atoms with Crippen LogP contribution in [0.2, 0.25) is 0 Å². The minimum Gasteiger partial charge on any atom is -0.487 e. The Morgan fingerprint density at radius 1 is 1.14 bits per heavy atom. The Hall–Kier alpha value is -2.92. The highest BCUT2D eigenvalue weighted by molar-refractivity contribution is 7.09. The summed E-state index contributed by atoms with van der Waals surface area (Å²) in [6, 6.07) is 15.9. The van der Waals surface area contributed by atoms with E-state index in [0.29, 0.717) is 13.2 Å². The van der Waals surface area contributed by atoms with Crippen molar-refractivity contribution >= 4 is 23.3 Å². The van der Waals surface area contributed by atoms with Gasteiger partial charge in [-0.1, -0.05) is 42.5 Å². The number of amides is 1. The summed E-state index contributed by atoms with van der Waals surface area (Å²) in [4.78, 5) is 16.5. The maximum atomic E-state index is 12.1. The van der Waals surface area contributed by atoms with Gasteiger partial charge < -0.3 is 10.1 Å². The summed E-state index contributed by atoms with van der Waals surface area (Å²) in [5, 5.41) is 5.95. The van der Waals surface area contributed by atoms with Crippen molar-refractivity contribution in [1.29, 1.82) is 0 Å². The number of carbonyl (C=O) groups is 1. The van der Waals surface area contributed by atoms with Crippen molar-refractivity contribution in [2.24, 2.45) is 0 Å². The molecule has 1 N–H and O–H groups in total. The number of ether oxygens (including phenoxy) is 1. The largest absolute Gasteiger partial charge is 0.487 e. The van der Waals surface area contributed by atoms with Gasteiger partial charge in [0.05, 0.1) is 10.7 Å². The molecular weight excluding hydrogens is 368 g/mol. The molecule has 1 aromatic heterocycles. The molecule has 0 unspecified atom stereocenters. The number of thiazole rings is 1. The number of aromatic nitrogens is 1. The Labute approximate surface area is 169 Å². The predicted molar refractivity (Wildman–Crippen MR) is 115 cm³/mol. The lowest BCUT2D eigenvalue weighted by Gasteiger charge is -2.08. The molecule has 0 spiro atoms. The number of carbonyl (C=O) groups excluding carboxylic acids is 1. The second-order valence-electron chi connectivity index (χ2n) is 6.49. The molecule has 2 aromatic carbocycles. The standard InChI is InChI=1S/C23H24N2O2S/c1-17-7-3-4-8-19(17)13-14-24-23(26)12-11-20-9-5-6-10-22(20)27-15-21-16-28-18(2)25-21/h3-12,16H,13-15H2,1-2H3,(H,24,26)/b12-11+. The number of hydrogen-bond donors (Lipinski definition) is 1. The normalized spacial score (nSPS) is 10.9. The highest BCUT2D eigenvalue weighted by atomic mass is 32.1. The summed E-state index contributed by atoms with van der Waals surface area (Å²) in [6.07, 6.45) is 4.15. The van der Waals surface area contributed by atoms with Crippen molar-refractivity contribution in [3.05, 3.63) is 87.4 Å². The van der Waals surface area contributed by atoms with Crippen molar-refractivity contribution in [3.8, 4) is 5.75 Å². The van der Waals surface area contributed by atoms with Crippen molar-refractivity contribution < 1.29 is 9.53 Å². The van der Waals surface area contributed by atoms with Gasteiger partial charge in [-0.05, 0) is 43.5 Å². The number of para-hydroxylation sites is 1. The molecule has 0 aliphatic rings. The molecule has 3 aromatic rings. The van der Waals surface area contributed by atoms with Gasteiger partial charge in [0, 0.05) is 23.6 Å². The van der Waals surface area contributed by atoms with E-state index < -0.39 is 0 Å². The van der Waals surface area contributed by atoms with E-state index in [0.717, 1.165) is 28.4 Å². The third-order valence-corrected chi connectivity index (χ3v) is 5.15. The van der Waals surface area contributed by atoms with E-state index in [1.165, 1.54) is 11.1 Å². The van der Waals surface area contributed by atoms with Crippen LogP contribution in [-0.4, -0.2) is 17.4 Å². The van der Waals surface area contributed by atoms with Crippen LogP contribution in [0, 0.1) is 13.8 Å². The van der Waals surface area contributed by atoms with E-state index in [1.807, 2.05) is 48.7 Å². The number of hydrogen-bond acceptors (Lipinski definition) is 4. The van der Waals surface area contributed by atoms with E-state index in [1.54, 1.807) is 23.5 Å². The fourth-order valence-corrected chi connectivity index (χ4v) is 3.41. The van der Waals surface area contributed by atoms with Gasteiger partial charge in [-0.25, -0.2) is 4.98 Å². The Morgan fingerprint density at radius 3 is 2.71 bits per heavy atom. The van der Waals surface area contributed by atoms with Gasteiger partial charge in [0.15, 0.2) is 0 Å². The first-order valence-corrected chi connectivity index (χ1v) is 10.1. The molecule has 28 heavy (non-hydrogen) atoms. The van der Waals surface area contributed by atoms with Crippen molar-refractivity contribution in [2.75, 3.05) is 6.54 Å². The summed E-state index contributed by atoms with van der Waals surface area (Å²) in [7, 11) is 0. The monoisotopic (exact) mass is 392 g/mol. The SMILES string of the molecule is Cc1nc(COc2ccccc2/C=C/C(=O)NCCc2ccccc2C)cs1. The lowest BCUT2D eigenvalue weighted by molar-refractivity contribution is -0.116. The number of benzene rings is 2. The second kappa shape index (κ2) is 9.85. The van der Waals surface area contributed by atoms with Crippen molar-refractivity contribution in [1.82, 2.24) is 10.3 Å². The quantitative estimate of drug-likeness (QED) is 0.565. The maximum Gasteiger partial charge on any atom is 0.244 e. The van der Waals surface area contributed by atoms with Crippen LogP contribution in [0.3, 0.4) is 0 Å². The Morgan fingerprint density at radius 2 is 1.93 bits per heavy atom. The minimum atomic E-state index is -0.112. The average Bonchev–Trinajstić information content (AvgIpc) is 3.12. The average molecular weight is 393 g/mol. The first-order chi connectivity index (χ1) is 13.6. The Kier molecular flexibility index (Phi) is 6.98. The predicted octanol–water partition coefficient (Wildman–Crippen LogP) is 4.71. The zero-order chi connectivity index (χ0) is 19.8. The summed E-state index contributed by atoms with van der Waals surface area (Å²) in [5.41, 5.74) is 4.27. The number of rotatable bonds is 8. The molecule has 1 heterocycles. The van der Waals surface area contributed by atoms with Gasteiger partial charge in [0.25, 0.3) is 0 Å². The second-order valence-corrected chi connectivity index (χ2v) is 7.55. The highest BCUT2D eigenvalue weighted by Gasteiger charge is 2.04. The zero-order valence-corrected chi connectivity index (χ0v) is 17.0. The third-order valence-electron chi connectivity index (χ3n) is 4.33. The molecule has 144 valence electrons. The van der Waals surface area contributed by atoms with E-state index in [2.05, 4.69) is 29.4 Å². The molecule has 0 aliphatic carbocycles. The molecule has 0 saturated heterocycles. The van der Waals surface area contributed by atoms with Crippen LogP contribution in [0.5, 0.6) is 5.75 Å².